The molecule has 0 fully saturated rings. The van der Waals surface area contributed by atoms with E-state index in [4.69, 9.17) is 28.9 Å². The van der Waals surface area contributed by atoms with E-state index in [-0.39, 0.29) is 12.2 Å². The molecule has 1 aromatic carbocycles. The second-order valence-corrected chi connectivity index (χ2v) is 5.37. The Kier molecular flexibility index (Phi) is 4.35. The molecular formula is C14H15Cl2N3O. The Morgan fingerprint density at radius 1 is 1.30 bits per heavy atom. The number of hydrogen-bond acceptors (Lipinski definition) is 3. The summed E-state index contributed by atoms with van der Waals surface area (Å²) < 4.78 is 1.72. The normalized spacial score (nSPS) is 10.8. The number of halogens is 2. The van der Waals surface area contributed by atoms with E-state index in [1.807, 2.05) is 20.0 Å². The molecule has 0 aliphatic rings. The first-order chi connectivity index (χ1) is 9.42. The molecular weight excluding hydrogens is 297 g/mol. The number of aryl methyl sites for hydroxylation is 2. The Balaban J connectivity index is 2.26. The molecule has 0 amide bonds. The Bertz CT molecular complexity index is 641. The van der Waals surface area contributed by atoms with E-state index >= 15 is 0 Å². The number of carbonyl (C=O) groups is 1. The van der Waals surface area contributed by atoms with Crippen LogP contribution in [0.5, 0.6) is 0 Å². The van der Waals surface area contributed by atoms with Gasteiger partial charge in [-0.15, -0.1) is 0 Å². The summed E-state index contributed by atoms with van der Waals surface area (Å²) in [5.41, 5.74) is 8.22. The van der Waals surface area contributed by atoms with Crippen LogP contribution in [0, 0.1) is 0 Å². The fraction of sp³-hybridized carbons (Fsp3) is 0.286. The zero-order valence-corrected chi connectivity index (χ0v) is 12.8. The zero-order chi connectivity index (χ0) is 14.9. The first-order valence-corrected chi connectivity index (χ1v) is 6.97. The van der Waals surface area contributed by atoms with E-state index in [9.17, 15) is 4.79 Å². The molecule has 0 radical (unpaired) electrons. The number of Topliss-reactive ketones (excluding diaryl/α,β-unsaturated/α-hetero) is 1. The van der Waals surface area contributed by atoms with Gasteiger partial charge < -0.3 is 5.73 Å². The maximum absolute atomic E-state index is 12.3. The Morgan fingerprint density at radius 2 is 1.90 bits per heavy atom. The Labute approximate surface area is 127 Å². The van der Waals surface area contributed by atoms with Crippen LogP contribution in [0.25, 0.3) is 0 Å². The summed E-state index contributed by atoms with van der Waals surface area (Å²) in [6.07, 6.45) is 1.08. The van der Waals surface area contributed by atoms with E-state index in [2.05, 4.69) is 5.10 Å². The van der Waals surface area contributed by atoms with Crippen LogP contribution in [-0.4, -0.2) is 15.6 Å². The van der Waals surface area contributed by atoms with Gasteiger partial charge in [-0.2, -0.15) is 5.10 Å². The summed E-state index contributed by atoms with van der Waals surface area (Å²) in [7, 11) is 1.82. The minimum Gasteiger partial charge on any atom is -0.396 e. The monoisotopic (exact) mass is 311 g/mol. The van der Waals surface area contributed by atoms with Gasteiger partial charge in [-0.3, -0.25) is 9.48 Å². The van der Waals surface area contributed by atoms with Crippen molar-refractivity contribution in [2.75, 3.05) is 5.73 Å². The van der Waals surface area contributed by atoms with E-state index in [0.717, 1.165) is 17.8 Å². The van der Waals surface area contributed by atoms with Gasteiger partial charge in [-0.05, 0) is 24.6 Å². The molecule has 2 aromatic rings. The highest BCUT2D eigenvalue weighted by molar-refractivity contribution is 6.39. The second kappa shape index (κ2) is 5.85. The Morgan fingerprint density at radius 3 is 2.40 bits per heavy atom. The third-order valence-corrected chi connectivity index (χ3v) is 3.76. The molecule has 0 unspecified atom stereocenters. The third-order valence-electron chi connectivity index (χ3n) is 3.13. The van der Waals surface area contributed by atoms with Crippen molar-refractivity contribution in [1.82, 2.24) is 9.78 Å². The predicted molar refractivity (Wildman–Crippen MR) is 81.5 cm³/mol. The molecule has 0 aliphatic heterocycles. The lowest BCUT2D eigenvalue weighted by atomic mass is 10.1. The van der Waals surface area contributed by atoms with Gasteiger partial charge in [0.1, 0.15) is 0 Å². The fourth-order valence-corrected chi connectivity index (χ4v) is 2.41. The van der Waals surface area contributed by atoms with E-state index in [0.29, 0.717) is 21.3 Å². The van der Waals surface area contributed by atoms with Crippen molar-refractivity contribution in [2.24, 2.45) is 7.05 Å². The quantitative estimate of drug-likeness (QED) is 0.696. The first kappa shape index (κ1) is 14.9. The fourth-order valence-electron chi connectivity index (χ4n) is 1.92. The summed E-state index contributed by atoms with van der Waals surface area (Å²) in [4.78, 5) is 12.3. The van der Waals surface area contributed by atoms with Crippen LogP contribution in [0.2, 0.25) is 10.0 Å². The van der Waals surface area contributed by atoms with Gasteiger partial charge in [0.15, 0.2) is 5.78 Å². The van der Waals surface area contributed by atoms with Crippen molar-refractivity contribution in [3.63, 3.8) is 0 Å². The van der Waals surface area contributed by atoms with Crippen LogP contribution in [0.3, 0.4) is 0 Å². The lowest BCUT2D eigenvalue weighted by Crippen LogP contribution is -2.08. The highest BCUT2D eigenvalue weighted by Gasteiger charge is 2.14. The van der Waals surface area contributed by atoms with E-state index in [1.54, 1.807) is 16.8 Å². The van der Waals surface area contributed by atoms with Crippen molar-refractivity contribution in [1.29, 1.82) is 0 Å². The van der Waals surface area contributed by atoms with Crippen LogP contribution < -0.4 is 5.73 Å². The number of carbonyl (C=O) groups excluding carboxylic acids is 1. The summed E-state index contributed by atoms with van der Waals surface area (Å²) in [5.74, 6) is -0.0700. The van der Waals surface area contributed by atoms with E-state index < -0.39 is 0 Å². The van der Waals surface area contributed by atoms with Crippen LogP contribution in [-0.2, 0) is 19.9 Å². The largest absolute Gasteiger partial charge is 0.396 e. The minimum atomic E-state index is -0.0700. The molecule has 2 rings (SSSR count). The number of anilines is 1. The van der Waals surface area contributed by atoms with Gasteiger partial charge in [0.25, 0.3) is 0 Å². The molecule has 0 spiro atoms. The van der Waals surface area contributed by atoms with Crippen LogP contribution >= 0.6 is 23.2 Å². The van der Waals surface area contributed by atoms with Gasteiger partial charge in [-0.25, -0.2) is 0 Å². The van der Waals surface area contributed by atoms with Crippen molar-refractivity contribution >= 4 is 34.7 Å². The maximum atomic E-state index is 12.3. The number of rotatable bonds is 4. The molecule has 1 aromatic heterocycles. The van der Waals surface area contributed by atoms with Crippen molar-refractivity contribution in [3.8, 4) is 0 Å². The molecule has 0 bridgehead atoms. The van der Waals surface area contributed by atoms with Gasteiger partial charge in [0, 0.05) is 18.3 Å². The van der Waals surface area contributed by atoms with Crippen LogP contribution in [0.15, 0.2) is 18.2 Å². The summed E-state index contributed by atoms with van der Waals surface area (Å²) >= 11 is 11.9. The third kappa shape index (κ3) is 2.97. The van der Waals surface area contributed by atoms with Gasteiger partial charge in [-0.1, -0.05) is 30.1 Å². The molecule has 1 heterocycles. The molecule has 0 saturated carbocycles. The number of nitrogen functional groups attached to an aromatic ring is 1. The Hall–Kier alpha value is -1.52. The minimum absolute atomic E-state index is 0.0700. The molecule has 0 aliphatic carbocycles. The number of aromatic nitrogens is 2. The standard InChI is InChI=1S/C14H15Cl2N3O/c1-3-9-6-10(19(2)18-9)7-13(20)8-4-11(15)14(17)12(16)5-8/h4-6H,3,7,17H2,1-2H3. The lowest BCUT2D eigenvalue weighted by Gasteiger charge is -2.06. The highest BCUT2D eigenvalue weighted by Crippen LogP contribution is 2.29. The highest BCUT2D eigenvalue weighted by atomic mass is 35.5. The van der Waals surface area contributed by atoms with Crippen LogP contribution in [0.4, 0.5) is 5.69 Å². The lowest BCUT2D eigenvalue weighted by molar-refractivity contribution is 0.0991. The number of nitrogens with zero attached hydrogens (tertiary/aromatic N) is 2. The van der Waals surface area contributed by atoms with Crippen molar-refractivity contribution in [2.45, 2.75) is 19.8 Å². The van der Waals surface area contributed by atoms with Gasteiger partial charge in [0.2, 0.25) is 0 Å². The summed E-state index contributed by atoms with van der Waals surface area (Å²) in [6.45, 7) is 2.02. The number of ketones is 1. The molecule has 2 N–H and O–H groups in total. The number of nitrogens with two attached hydrogens (primary N) is 1. The predicted octanol–water partition coefficient (Wildman–Crippen LogP) is 3.30. The second-order valence-electron chi connectivity index (χ2n) is 4.56. The molecule has 4 nitrogen and oxygen atoms in total. The molecule has 0 atom stereocenters. The number of benzene rings is 1. The summed E-state index contributed by atoms with van der Waals surface area (Å²) in [6, 6.07) is 5.02. The van der Waals surface area contributed by atoms with Gasteiger partial charge in [0.05, 0.1) is 27.8 Å². The topological polar surface area (TPSA) is 60.9 Å². The smallest absolute Gasteiger partial charge is 0.168 e. The average molecular weight is 312 g/mol. The van der Waals surface area contributed by atoms with Gasteiger partial charge >= 0.3 is 0 Å². The van der Waals surface area contributed by atoms with Crippen molar-refractivity contribution in [3.05, 3.63) is 45.2 Å². The SMILES string of the molecule is CCc1cc(CC(=O)c2cc(Cl)c(N)c(Cl)c2)n(C)n1. The first-order valence-electron chi connectivity index (χ1n) is 6.22. The van der Waals surface area contributed by atoms with E-state index in [1.165, 1.54) is 0 Å². The number of hydrogen-bond donors (Lipinski definition) is 1. The zero-order valence-electron chi connectivity index (χ0n) is 11.3. The molecule has 6 heteroatoms. The van der Waals surface area contributed by atoms with Crippen molar-refractivity contribution < 1.29 is 4.79 Å². The maximum Gasteiger partial charge on any atom is 0.168 e. The molecule has 20 heavy (non-hydrogen) atoms. The summed E-state index contributed by atoms with van der Waals surface area (Å²) in [5, 5.41) is 4.90. The molecule has 0 saturated heterocycles. The average Bonchev–Trinajstić information content (AvgIpc) is 2.76. The molecule has 106 valence electrons. The van der Waals surface area contributed by atoms with Crippen LogP contribution in [0.1, 0.15) is 28.7 Å².